The molecule has 0 radical (unpaired) electrons. The van der Waals surface area contributed by atoms with E-state index in [1.807, 2.05) is 47.6 Å². The van der Waals surface area contributed by atoms with Crippen LogP contribution in [0, 0.1) is 19.7 Å². The van der Waals surface area contributed by atoms with Crippen molar-refractivity contribution in [3.63, 3.8) is 0 Å². The first-order chi connectivity index (χ1) is 17.1. The lowest BCUT2D eigenvalue weighted by Gasteiger charge is -2.33. The summed E-state index contributed by atoms with van der Waals surface area (Å²) in [7, 11) is -3.57. The molecule has 2 aromatic rings. The first-order valence-electron chi connectivity index (χ1n) is 12.5. The molecule has 1 atom stereocenters. The van der Waals surface area contributed by atoms with Crippen LogP contribution in [-0.2, 0) is 26.2 Å². The van der Waals surface area contributed by atoms with Crippen molar-refractivity contribution in [2.24, 2.45) is 0 Å². The molecule has 2 rings (SSSR count). The van der Waals surface area contributed by atoms with Crippen molar-refractivity contribution < 1.29 is 22.4 Å². The second-order valence-electron chi connectivity index (χ2n) is 10.6. The molecule has 204 valence electrons. The smallest absolute Gasteiger partial charge is 0.243 e. The summed E-state index contributed by atoms with van der Waals surface area (Å²) in [5.41, 5.74) is 2.68. The highest BCUT2D eigenvalue weighted by Gasteiger charge is 2.30. The Morgan fingerprint density at radius 1 is 1.03 bits per heavy atom. The van der Waals surface area contributed by atoms with Crippen LogP contribution in [0.15, 0.2) is 42.5 Å². The summed E-state index contributed by atoms with van der Waals surface area (Å²) < 4.78 is 39.9. The van der Waals surface area contributed by atoms with Gasteiger partial charge in [-0.25, -0.2) is 12.8 Å². The number of nitrogens with one attached hydrogen (secondary N) is 1. The number of sulfonamides is 1. The predicted molar refractivity (Wildman–Crippen MR) is 146 cm³/mol. The Morgan fingerprint density at radius 3 is 2.08 bits per heavy atom. The first kappa shape index (κ1) is 30.3. The molecule has 0 aromatic heterocycles. The average Bonchev–Trinajstić information content (AvgIpc) is 2.75. The zero-order valence-electron chi connectivity index (χ0n) is 23.0. The SMILES string of the molecule is CC[C@@H](C(=O)NC(C)(C)C)N(Cc1ccc(F)cc1)C(=O)CCCN(c1cc(C)cc(C)c1)S(C)(=O)=O. The normalized spacial score (nSPS) is 12.6. The summed E-state index contributed by atoms with van der Waals surface area (Å²) in [6.45, 7) is 11.5. The number of anilines is 1. The number of amides is 2. The van der Waals surface area contributed by atoms with E-state index >= 15 is 0 Å². The lowest BCUT2D eigenvalue weighted by atomic mass is 10.0. The molecule has 0 fully saturated rings. The maximum atomic E-state index is 13.5. The van der Waals surface area contributed by atoms with Crippen LogP contribution in [0.5, 0.6) is 0 Å². The fourth-order valence-corrected chi connectivity index (χ4v) is 5.21. The Bertz CT molecular complexity index is 1170. The van der Waals surface area contributed by atoms with E-state index in [1.165, 1.54) is 21.3 Å². The number of hydrogen-bond donors (Lipinski definition) is 1. The maximum Gasteiger partial charge on any atom is 0.243 e. The minimum Gasteiger partial charge on any atom is -0.350 e. The Labute approximate surface area is 221 Å². The van der Waals surface area contributed by atoms with Gasteiger partial charge in [-0.1, -0.05) is 25.1 Å². The molecular formula is C28H40FN3O4S. The Morgan fingerprint density at radius 2 is 1.59 bits per heavy atom. The van der Waals surface area contributed by atoms with Crippen molar-refractivity contribution in [3.8, 4) is 0 Å². The van der Waals surface area contributed by atoms with Gasteiger partial charge in [-0.05, 0) is 88.4 Å². The molecule has 0 aliphatic carbocycles. The summed E-state index contributed by atoms with van der Waals surface area (Å²) in [5.74, 6) is -0.918. The van der Waals surface area contributed by atoms with E-state index in [1.54, 1.807) is 24.3 Å². The van der Waals surface area contributed by atoms with E-state index in [0.29, 0.717) is 17.7 Å². The van der Waals surface area contributed by atoms with Crippen LogP contribution in [0.25, 0.3) is 0 Å². The number of carbonyl (C=O) groups is 2. The van der Waals surface area contributed by atoms with E-state index in [4.69, 9.17) is 0 Å². The topological polar surface area (TPSA) is 86.8 Å². The van der Waals surface area contributed by atoms with Gasteiger partial charge in [0, 0.05) is 25.0 Å². The van der Waals surface area contributed by atoms with Crippen LogP contribution < -0.4 is 9.62 Å². The van der Waals surface area contributed by atoms with Crippen LogP contribution in [0.4, 0.5) is 10.1 Å². The molecule has 37 heavy (non-hydrogen) atoms. The zero-order chi connectivity index (χ0) is 28.0. The van der Waals surface area contributed by atoms with Crippen molar-refractivity contribution in [1.29, 1.82) is 0 Å². The second kappa shape index (κ2) is 12.5. The van der Waals surface area contributed by atoms with Crippen molar-refractivity contribution in [2.75, 3.05) is 17.1 Å². The van der Waals surface area contributed by atoms with Gasteiger partial charge in [0.05, 0.1) is 11.9 Å². The summed E-state index contributed by atoms with van der Waals surface area (Å²) in [6.07, 6.45) is 1.87. The third-order valence-corrected chi connectivity index (χ3v) is 6.99. The molecule has 2 aromatic carbocycles. The van der Waals surface area contributed by atoms with Crippen LogP contribution in [-0.4, -0.2) is 49.5 Å². The number of carbonyl (C=O) groups excluding carboxylic acids is 2. The summed E-state index contributed by atoms with van der Waals surface area (Å²) >= 11 is 0. The lowest BCUT2D eigenvalue weighted by Crippen LogP contribution is -2.53. The quantitative estimate of drug-likeness (QED) is 0.453. The molecular weight excluding hydrogens is 493 g/mol. The summed E-state index contributed by atoms with van der Waals surface area (Å²) in [6, 6.07) is 10.7. The summed E-state index contributed by atoms with van der Waals surface area (Å²) in [4.78, 5) is 28.1. The molecule has 0 bridgehead atoms. The molecule has 0 aliphatic rings. The van der Waals surface area contributed by atoms with Crippen molar-refractivity contribution in [1.82, 2.24) is 10.2 Å². The Kier molecular flexibility index (Phi) is 10.3. The number of hydrogen-bond acceptors (Lipinski definition) is 4. The van der Waals surface area contributed by atoms with Gasteiger partial charge in [0.2, 0.25) is 21.8 Å². The molecule has 9 heteroatoms. The third-order valence-electron chi connectivity index (χ3n) is 5.80. The van der Waals surface area contributed by atoms with Gasteiger partial charge in [-0.3, -0.25) is 13.9 Å². The molecule has 0 spiro atoms. The van der Waals surface area contributed by atoms with Gasteiger partial charge in [-0.2, -0.15) is 0 Å². The lowest BCUT2D eigenvalue weighted by molar-refractivity contribution is -0.142. The van der Waals surface area contributed by atoms with E-state index in [0.717, 1.165) is 17.4 Å². The van der Waals surface area contributed by atoms with Gasteiger partial charge >= 0.3 is 0 Å². The fourth-order valence-electron chi connectivity index (χ4n) is 4.26. The van der Waals surface area contributed by atoms with Crippen molar-refractivity contribution in [2.45, 2.75) is 78.9 Å². The van der Waals surface area contributed by atoms with Gasteiger partial charge in [0.1, 0.15) is 11.9 Å². The molecule has 0 heterocycles. The second-order valence-corrected chi connectivity index (χ2v) is 12.5. The van der Waals surface area contributed by atoms with E-state index < -0.39 is 21.6 Å². The Balaban J connectivity index is 2.26. The summed E-state index contributed by atoms with van der Waals surface area (Å²) in [5, 5.41) is 2.95. The minimum atomic E-state index is -3.57. The first-order valence-corrected chi connectivity index (χ1v) is 14.4. The van der Waals surface area contributed by atoms with Crippen LogP contribution in [0.1, 0.15) is 63.6 Å². The molecule has 0 saturated heterocycles. The number of benzene rings is 2. The van der Waals surface area contributed by atoms with Crippen LogP contribution in [0.3, 0.4) is 0 Å². The number of nitrogens with zero attached hydrogens (tertiary/aromatic N) is 2. The zero-order valence-corrected chi connectivity index (χ0v) is 23.8. The molecule has 1 N–H and O–H groups in total. The average molecular weight is 534 g/mol. The fraction of sp³-hybridized carbons (Fsp3) is 0.500. The molecule has 0 saturated carbocycles. The maximum absolute atomic E-state index is 13.5. The minimum absolute atomic E-state index is 0.0529. The predicted octanol–water partition coefficient (Wildman–Crippen LogP) is 4.71. The van der Waals surface area contributed by atoms with Gasteiger partial charge in [-0.15, -0.1) is 0 Å². The molecule has 0 unspecified atom stereocenters. The molecule has 0 aliphatic heterocycles. The van der Waals surface area contributed by atoms with E-state index in [9.17, 15) is 22.4 Å². The number of halogens is 1. The van der Waals surface area contributed by atoms with Gasteiger partial charge in [0.25, 0.3) is 0 Å². The molecule has 7 nitrogen and oxygen atoms in total. The number of aryl methyl sites for hydroxylation is 2. The Hall–Kier alpha value is -2.94. The van der Waals surface area contributed by atoms with E-state index in [2.05, 4.69) is 5.32 Å². The van der Waals surface area contributed by atoms with Crippen molar-refractivity contribution >= 4 is 27.5 Å². The largest absolute Gasteiger partial charge is 0.350 e. The highest BCUT2D eigenvalue weighted by atomic mass is 32.2. The van der Waals surface area contributed by atoms with Crippen LogP contribution >= 0.6 is 0 Å². The van der Waals surface area contributed by atoms with Crippen LogP contribution in [0.2, 0.25) is 0 Å². The third kappa shape index (κ3) is 9.46. The van der Waals surface area contributed by atoms with Gasteiger partial charge in [0.15, 0.2) is 0 Å². The highest BCUT2D eigenvalue weighted by Crippen LogP contribution is 2.23. The monoisotopic (exact) mass is 533 g/mol. The standard InChI is InChI=1S/C28H40FN3O4S/c1-8-25(27(34)30-28(4,5)6)31(19-22-11-13-23(29)14-12-22)26(33)10-9-15-32(37(7,35)36)24-17-20(2)16-21(3)18-24/h11-14,16-18,25H,8-10,15,19H2,1-7H3,(H,30,34)/t25-/m0/s1. The van der Waals surface area contributed by atoms with Gasteiger partial charge < -0.3 is 10.2 Å². The highest BCUT2D eigenvalue weighted by molar-refractivity contribution is 7.92. The number of rotatable bonds is 11. The van der Waals surface area contributed by atoms with E-state index in [-0.39, 0.29) is 43.6 Å². The molecule has 2 amide bonds. The van der Waals surface area contributed by atoms with Crippen molar-refractivity contribution in [3.05, 3.63) is 65.0 Å².